The highest BCUT2D eigenvalue weighted by molar-refractivity contribution is 5.93. The molecule has 0 atom stereocenters. The minimum absolute atomic E-state index is 0. The predicted octanol–water partition coefficient (Wildman–Crippen LogP) is -0.392. The Morgan fingerprint density at radius 3 is 2.23 bits per heavy atom. The fourth-order valence-electron chi connectivity index (χ4n) is 0.405. The number of halogens is 2. The summed E-state index contributed by atoms with van der Waals surface area (Å²) >= 11 is 0. The third kappa shape index (κ3) is 18.3. The normalized spacial score (nSPS) is 6.54. The molecule has 0 aliphatic heterocycles. The first-order valence-corrected chi connectivity index (χ1v) is 3.05. The highest BCUT2D eigenvalue weighted by Gasteiger charge is 1.96. The van der Waals surface area contributed by atoms with Gasteiger partial charge in [-0.1, -0.05) is 6.92 Å². The number of hydrogen-bond donors (Lipinski definition) is 4. The molecule has 13 heavy (non-hydrogen) atoms. The lowest BCUT2D eigenvalue weighted by atomic mass is 10.5. The lowest BCUT2D eigenvalue weighted by Gasteiger charge is -2.02. The predicted molar refractivity (Wildman–Crippen MR) is 56.8 cm³/mol. The zero-order valence-corrected chi connectivity index (χ0v) is 8.85. The summed E-state index contributed by atoms with van der Waals surface area (Å²) in [6.07, 6.45) is 0.866. The standard InChI is InChI=1S/C5H12N4O.2ClH.H2O/c1-2-3-8-5(10)9-4(6)7;;;/h2-3H2,1H3,(H5,6,7,8,9,10);2*1H;1H2. The summed E-state index contributed by atoms with van der Waals surface area (Å²) in [6, 6.07) is -0.422. The summed E-state index contributed by atoms with van der Waals surface area (Å²) in [7, 11) is 0. The molecule has 8 heteroatoms. The molecule has 0 aliphatic carbocycles. The number of carbonyl (C=O) groups excluding carboxylic acids is 1. The summed E-state index contributed by atoms with van der Waals surface area (Å²) in [5, 5.41) is 11.2. The molecule has 0 aromatic heterocycles. The molecular formula is C5H16Cl2N4O2. The van der Waals surface area contributed by atoms with Gasteiger partial charge in [0.05, 0.1) is 0 Å². The zero-order chi connectivity index (χ0) is 7.98. The van der Waals surface area contributed by atoms with E-state index in [1.165, 1.54) is 0 Å². The van der Waals surface area contributed by atoms with Crippen LogP contribution in [0.25, 0.3) is 0 Å². The fraction of sp³-hybridized carbons (Fsp3) is 0.600. The molecule has 0 rings (SSSR count). The maximum absolute atomic E-state index is 10.6. The van der Waals surface area contributed by atoms with Crippen molar-refractivity contribution in [3.63, 3.8) is 0 Å². The first kappa shape index (κ1) is 22.8. The smallest absolute Gasteiger partial charge is 0.321 e. The van der Waals surface area contributed by atoms with Gasteiger partial charge in [0.15, 0.2) is 5.96 Å². The van der Waals surface area contributed by atoms with E-state index in [9.17, 15) is 4.79 Å². The molecule has 2 amide bonds. The second kappa shape index (κ2) is 13.8. The number of nitrogens with two attached hydrogens (primary N) is 1. The number of urea groups is 1. The Hall–Kier alpha value is -0.720. The van der Waals surface area contributed by atoms with E-state index in [1.807, 2.05) is 6.92 Å². The van der Waals surface area contributed by atoms with Gasteiger partial charge in [0, 0.05) is 6.54 Å². The number of amides is 2. The van der Waals surface area contributed by atoms with Crippen molar-refractivity contribution in [3.8, 4) is 0 Å². The average molecular weight is 235 g/mol. The molecule has 0 saturated carbocycles. The van der Waals surface area contributed by atoms with Gasteiger partial charge in [0.2, 0.25) is 0 Å². The van der Waals surface area contributed by atoms with E-state index in [-0.39, 0.29) is 36.2 Å². The van der Waals surface area contributed by atoms with Gasteiger partial charge in [0.1, 0.15) is 0 Å². The van der Waals surface area contributed by atoms with Gasteiger partial charge < -0.3 is 16.5 Å². The van der Waals surface area contributed by atoms with E-state index in [0.717, 1.165) is 6.42 Å². The third-order valence-electron chi connectivity index (χ3n) is 0.784. The van der Waals surface area contributed by atoms with E-state index in [2.05, 4.69) is 10.6 Å². The van der Waals surface area contributed by atoms with Gasteiger partial charge >= 0.3 is 6.03 Å². The molecule has 0 unspecified atom stereocenters. The summed E-state index contributed by atoms with van der Waals surface area (Å²) in [6.45, 7) is 2.53. The van der Waals surface area contributed by atoms with Crippen molar-refractivity contribution in [2.45, 2.75) is 13.3 Å². The summed E-state index contributed by atoms with van der Waals surface area (Å²) in [4.78, 5) is 10.6. The first-order chi connectivity index (χ1) is 4.66. The van der Waals surface area contributed by atoms with Crippen LogP contribution >= 0.6 is 24.8 Å². The number of guanidine groups is 1. The van der Waals surface area contributed by atoms with Gasteiger partial charge in [-0.25, -0.2) is 4.79 Å². The van der Waals surface area contributed by atoms with Crippen molar-refractivity contribution in [2.24, 2.45) is 5.73 Å². The van der Waals surface area contributed by atoms with Gasteiger partial charge in [-0.05, 0) is 6.42 Å². The van der Waals surface area contributed by atoms with Crippen molar-refractivity contribution >= 4 is 36.8 Å². The molecule has 0 fully saturated rings. The quantitative estimate of drug-likeness (QED) is 0.384. The molecule has 0 aliphatic rings. The van der Waals surface area contributed by atoms with Crippen molar-refractivity contribution < 1.29 is 10.3 Å². The summed E-state index contributed by atoms with van der Waals surface area (Å²) < 4.78 is 0. The molecule has 0 heterocycles. The van der Waals surface area contributed by atoms with E-state index in [0.29, 0.717) is 6.54 Å². The Labute approximate surface area is 89.3 Å². The topological polar surface area (TPSA) is 122 Å². The van der Waals surface area contributed by atoms with Crippen molar-refractivity contribution in [2.75, 3.05) is 6.54 Å². The molecular weight excluding hydrogens is 219 g/mol. The Morgan fingerprint density at radius 2 is 1.92 bits per heavy atom. The van der Waals surface area contributed by atoms with Crippen LogP contribution in [-0.4, -0.2) is 24.0 Å². The summed E-state index contributed by atoms with van der Waals surface area (Å²) in [5.74, 6) is -0.339. The van der Waals surface area contributed by atoms with Crippen LogP contribution in [0.3, 0.4) is 0 Å². The number of nitrogens with one attached hydrogen (secondary N) is 3. The van der Waals surface area contributed by atoms with Crippen LogP contribution in [0.5, 0.6) is 0 Å². The Kier molecular flexibility index (Phi) is 24.3. The Morgan fingerprint density at radius 1 is 1.46 bits per heavy atom. The van der Waals surface area contributed by atoms with Crippen molar-refractivity contribution in [1.29, 1.82) is 5.41 Å². The number of hydrogen-bond acceptors (Lipinski definition) is 2. The molecule has 82 valence electrons. The number of rotatable bonds is 2. The molecule has 7 N–H and O–H groups in total. The second-order valence-electron chi connectivity index (χ2n) is 1.79. The molecule has 0 aromatic rings. The Balaban J connectivity index is -0.000000135. The minimum atomic E-state index is -0.422. The first-order valence-electron chi connectivity index (χ1n) is 3.05. The van der Waals surface area contributed by atoms with Crippen LogP contribution in [-0.2, 0) is 0 Å². The average Bonchev–Trinajstić information content (AvgIpc) is 1.82. The fourth-order valence-corrected chi connectivity index (χ4v) is 0.405. The maximum Gasteiger partial charge on any atom is 0.321 e. The molecule has 6 nitrogen and oxygen atoms in total. The summed E-state index contributed by atoms with van der Waals surface area (Å²) in [5.41, 5.74) is 4.88. The van der Waals surface area contributed by atoms with E-state index >= 15 is 0 Å². The minimum Gasteiger partial charge on any atom is -0.412 e. The van der Waals surface area contributed by atoms with E-state index in [4.69, 9.17) is 11.1 Å². The van der Waals surface area contributed by atoms with E-state index < -0.39 is 6.03 Å². The molecule has 0 radical (unpaired) electrons. The lowest BCUT2D eigenvalue weighted by Crippen LogP contribution is -2.42. The third-order valence-corrected chi connectivity index (χ3v) is 0.784. The molecule has 0 bridgehead atoms. The zero-order valence-electron chi connectivity index (χ0n) is 7.22. The van der Waals surface area contributed by atoms with Gasteiger partial charge in [0.25, 0.3) is 0 Å². The van der Waals surface area contributed by atoms with Crippen LogP contribution in [0.1, 0.15) is 13.3 Å². The highest BCUT2D eigenvalue weighted by Crippen LogP contribution is 1.69. The largest absolute Gasteiger partial charge is 0.412 e. The number of carbonyl (C=O) groups is 1. The monoisotopic (exact) mass is 234 g/mol. The van der Waals surface area contributed by atoms with E-state index in [1.54, 1.807) is 0 Å². The van der Waals surface area contributed by atoms with Gasteiger partial charge in [-0.2, -0.15) is 0 Å². The highest BCUT2D eigenvalue weighted by atomic mass is 35.5. The van der Waals surface area contributed by atoms with Crippen LogP contribution in [0, 0.1) is 5.41 Å². The van der Waals surface area contributed by atoms with Crippen LogP contribution < -0.4 is 16.4 Å². The van der Waals surface area contributed by atoms with Crippen molar-refractivity contribution in [1.82, 2.24) is 10.6 Å². The van der Waals surface area contributed by atoms with Crippen LogP contribution in [0.2, 0.25) is 0 Å². The van der Waals surface area contributed by atoms with Crippen LogP contribution in [0.4, 0.5) is 4.79 Å². The SMILES string of the molecule is CCCNC(=O)NC(=N)N.Cl.Cl.O. The van der Waals surface area contributed by atoms with Crippen molar-refractivity contribution in [3.05, 3.63) is 0 Å². The molecule has 0 aromatic carbocycles. The second-order valence-corrected chi connectivity index (χ2v) is 1.79. The Bertz CT molecular complexity index is 144. The van der Waals surface area contributed by atoms with Crippen LogP contribution in [0.15, 0.2) is 0 Å². The lowest BCUT2D eigenvalue weighted by molar-refractivity contribution is 0.245. The molecule has 0 saturated heterocycles. The van der Waals surface area contributed by atoms with Gasteiger partial charge in [-0.15, -0.1) is 24.8 Å². The van der Waals surface area contributed by atoms with Gasteiger partial charge in [-0.3, -0.25) is 10.7 Å². The molecule has 0 spiro atoms. The maximum atomic E-state index is 10.6.